The molecular formula is C13H14O3. The van der Waals surface area contributed by atoms with Crippen LogP contribution in [0, 0.1) is 6.92 Å². The van der Waals surface area contributed by atoms with E-state index >= 15 is 0 Å². The summed E-state index contributed by atoms with van der Waals surface area (Å²) in [5, 5.41) is 26.3. The minimum atomic E-state index is 0.104. The van der Waals surface area contributed by atoms with Crippen LogP contribution in [0.15, 0.2) is 48.5 Å². The fourth-order valence-corrected chi connectivity index (χ4v) is 1.17. The molecule has 2 aromatic rings. The van der Waals surface area contributed by atoms with E-state index in [4.69, 9.17) is 15.3 Å². The van der Waals surface area contributed by atoms with E-state index in [-0.39, 0.29) is 11.5 Å². The van der Waals surface area contributed by atoms with Gasteiger partial charge in [-0.3, -0.25) is 0 Å². The van der Waals surface area contributed by atoms with Crippen LogP contribution in [-0.2, 0) is 0 Å². The zero-order chi connectivity index (χ0) is 12.0. The summed E-state index contributed by atoms with van der Waals surface area (Å²) in [5.74, 6) is 0.530. The average molecular weight is 218 g/mol. The molecule has 0 saturated heterocycles. The fourth-order valence-electron chi connectivity index (χ4n) is 1.17. The minimum Gasteiger partial charge on any atom is -0.508 e. The van der Waals surface area contributed by atoms with Crippen molar-refractivity contribution in [1.82, 2.24) is 0 Å². The van der Waals surface area contributed by atoms with Gasteiger partial charge in [0.15, 0.2) is 0 Å². The first kappa shape index (κ1) is 11.9. The van der Waals surface area contributed by atoms with Crippen molar-refractivity contribution in [2.75, 3.05) is 0 Å². The molecule has 3 nitrogen and oxygen atoms in total. The molecule has 84 valence electrons. The molecule has 0 heterocycles. The maximum atomic E-state index is 8.83. The summed E-state index contributed by atoms with van der Waals surface area (Å²) in [7, 11) is 0. The SMILES string of the molecule is Cc1cc(O)cc(O)c1.Oc1ccccc1. The molecule has 2 aromatic carbocycles. The lowest BCUT2D eigenvalue weighted by molar-refractivity contribution is 0.450. The van der Waals surface area contributed by atoms with Crippen molar-refractivity contribution in [2.24, 2.45) is 0 Å². The van der Waals surface area contributed by atoms with E-state index in [0.717, 1.165) is 5.56 Å². The van der Waals surface area contributed by atoms with E-state index in [0.29, 0.717) is 5.75 Å². The number of para-hydroxylation sites is 1. The molecule has 16 heavy (non-hydrogen) atoms. The molecule has 3 heteroatoms. The lowest BCUT2D eigenvalue weighted by Crippen LogP contribution is -1.70. The summed E-state index contributed by atoms with van der Waals surface area (Å²) < 4.78 is 0. The fraction of sp³-hybridized carbons (Fsp3) is 0.0769. The first-order valence-corrected chi connectivity index (χ1v) is 4.81. The van der Waals surface area contributed by atoms with Gasteiger partial charge in [0.25, 0.3) is 0 Å². The Balaban J connectivity index is 0.000000165. The predicted molar refractivity (Wildman–Crippen MR) is 62.6 cm³/mol. The first-order valence-electron chi connectivity index (χ1n) is 4.81. The van der Waals surface area contributed by atoms with Crippen LogP contribution in [0.5, 0.6) is 17.2 Å². The van der Waals surface area contributed by atoms with Crippen molar-refractivity contribution in [2.45, 2.75) is 6.92 Å². The number of hydrogen-bond acceptors (Lipinski definition) is 3. The molecule has 0 amide bonds. The van der Waals surface area contributed by atoms with Crippen LogP contribution in [0.25, 0.3) is 0 Å². The van der Waals surface area contributed by atoms with Crippen LogP contribution in [0.3, 0.4) is 0 Å². The lowest BCUT2D eigenvalue weighted by atomic mass is 10.2. The summed E-state index contributed by atoms with van der Waals surface area (Å²) in [5.41, 5.74) is 0.854. The number of aryl methyl sites for hydroxylation is 1. The molecule has 0 aromatic heterocycles. The average Bonchev–Trinajstić information content (AvgIpc) is 2.17. The number of aromatic hydroxyl groups is 3. The summed E-state index contributed by atoms with van der Waals surface area (Å²) in [4.78, 5) is 0. The third kappa shape index (κ3) is 4.37. The van der Waals surface area contributed by atoms with Gasteiger partial charge in [0.2, 0.25) is 0 Å². The third-order valence-corrected chi connectivity index (χ3v) is 1.80. The highest BCUT2D eigenvalue weighted by Crippen LogP contribution is 2.18. The van der Waals surface area contributed by atoms with Gasteiger partial charge in [-0.05, 0) is 36.8 Å². The molecule has 0 spiro atoms. The van der Waals surface area contributed by atoms with Crippen molar-refractivity contribution >= 4 is 0 Å². The summed E-state index contributed by atoms with van der Waals surface area (Å²) in [6.45, 7) is 1.80. The van der Waals surface area contributed by atoms with E-state index in [2.05, 4.69) is 0 Å². The Morgan fingerprint density at radius 2 is 1.19 bits per heavy atom. The number of phenolic OH excluding ortho intramolecular Hbond substituents is 3. The molecule has 0 unspecified atom stereocenters. The van der Waals surface area contributed by atoms with Crippen molar-refractivity contribution < 1.29 is 15.3 Å². The van der Waals surface area contributed by atoms with E-state index in [1.54, 1.807) is 43.3 Å². The Kier molecular flexibility index (Phi) is 4.21. The monoisotopic (exact) mass is 218 g/mol. The van der Waals surface area contributed by atoms with Gasteiger partial charge in [-0.2, -0.15) is 0 Å². The topological polar surface area (TPSA) is 60.7 Å². The summed E-state index contributed by atoms with van der Waals surface area (Å²) in [6.07, 6.45) is 0. The van der Waals surface area contributed by atoms with Gasteiger partial charge in [0.05, 0.1) is 0 Å². The second kappa shape index (κ2) is 5.66. The largest absolute Gasteiger partial charge is 0.508 e. The molecule has 0 aliphatic rings. The van der Waals surface area contributed by atoms with Gasteiger partial charge in [0, 0.05) is 6.07 Å². The smallest absolute Gasteiger partial charge is 0.119 e. The van der Waals surface area contributed by atoms with Crippen molar-refractivity contribution in [3.63, 3.8) is 0 Å². The number of phenols is 3. The number of hydrogen-bond donors (Lipinski definition) is 3. The Morgan fingerprint density at radius 3 is 1.50 bits per heavy atom. The Hall–Kier alpha value is -2.16. The third-order valence-electron chi connectivity index (χ3n) is 1.80. The molecule has 3 N–H and O–H groups in total. The van der Waals surface area contributed by atoms with Crippen molar-refractivity contribution in [3.05, 3.63) is 54.1 Å². The van der Waals surface area contributed by atoms with Crippen LogP contribution >= 0.6 is 0 Å². The van der Waals surface area contributed by atoms with Gasteiger partial charge in [0.1, 0.15) is 17.2 Å². The minimum absolute atomic E-state index is 0.104. The van der Waals surface area contributed by atoms with Crippen molar-refractivity contribution in [3.8, 4) is 17.2 Å². The molecule has 0 fully saturated rings. The molecule has 0 bridgehead atoms. The van der Waals surface area contributed by atoms with Gasteiger partial charge in [-0.1, -0.05) is 18.2 Å². The summed E-state index contributed by atoms with van der Waals surface area (Å²) >= 11 is 0. The quantitative estimate of drug-likeness (QED) is 0.637. The predicted octanol–water partition coefficient (Wildman–Crippen LogP) is 2.80. The van der Waals surface area contributed by atoms with Crippen LogP contribution in [0.4, 0.5) is 0 Å². The Morgan fingerprint density at radius 1 is 0.688 bits per heavy atom. The first-order chi connectivity index (χ1) is 7.58. The zero-order valence-electron chi connectivity index (χ0n) is 8.96. The highest BCUT2D eigenvalue weighted by atomic mass is 16.3. The number of rotatable bonds is 0. The molecule has 0 aliphatic heterocycles. The van der Waals surface area contributed by atoms with E-state index in [9.17, 15) is 0 Å². The lowest BCUT2D eigenvalue weighted by Gasteiger charge is -1.94. The van der Waals surface area contributed by atoms with Crippen LogP contribution in [0.1, 0.15) is 5.56 Å². The molecule has 0 atom stereocenters. The second-order valence-electron chi connectivity index (χ2n) is 3.36. The maximum absolute atomic E-state index is 8.83. The standard InChI is InChI=1S/C7H8O2.C6H6O/c1-5-2-6(8)4-7(9)3-5;7-6-4-2-1-3-5-6/h2-4,8-9H,1H3;1-5,7H. The normalized spacial score (nSPS) is 9.06. The maximum Gasteiger partial charge on any atom is 0.119 e. The highest BCUT2D eigenvalue weighted by molar-refractivity contribution is 5.35. The van der Waals surface area contributed by atoms with E-state index in [1.165, 1.54) is 6.07 Å². The van der Waals surface area contributed by atoms with E-state index in [1.807, 2.05) is 6.07 Å². The molecule has 0 saturated carbocycles. The zero-order valence-corrected chi connectivity index (χ0v) is 8.96. The molecular weight excluding hydrogens is 204 g/mol. The molecule has 0 aliphatic carbocycles. The Bertz CT molecular complexity index is 388. The summed E-state index contributed by atoms with van der Waals surface area (Å²) in [6, 6.07) is 13.2. The van der Waals surface area contributed by atoms with Crippen LogP contribution in [-0.4, -0.2) is 15.3 Å². The van der Waals surface area contributed by atoms with Gasteiger partial charge < -0.3 is 15.3 Å². The van der Waals surface area contributed by atoms with Gasteiger partial charge in [-0.25, -0.2) is 0 Å². The highest BCUT2D eigenvalue weighted by Gasteiger charge is 1.91. The molecule has 2 rings (SSSR count). The van der Waals surface area contributed by atoms with Crippen molar-refractivity contribution in [1.29, 1.82) is 0 Å². The van der Waals surface area contributed by atoms with Crippen LogP contribution in [0.2, 0.25) is 0 Å². The van der Waals surface area contributed by atoms with E-state index < -0.39 is 0 Å². The second-order valence-corrected chi connectivity index (χ2v) is 3.36. The van der Waals surface area contributed by atoms with Gasteiger partial charge in [-0.15, -0.1) is 0 Å². The van der Waals surface area contributed by atoms with Gasteiger partial charge >= 0.3 is 0 Å². The Labute approximate surface area is 94.2 Å². The number of benzene rings is 2. The molecule has 0 radical (unpaired) electrons. The van der Waals surface area contributed by atoms with Crippen LogP contribution < -0.4 is 0 Å².